The molecule has 0 saturated heterocycles. The van der Waals surface area contributed by atoms with E-state index >= 15 is 0 Å². The summed E-state index contributed by atoms with van der Waals surface area (Å²) in [6.07, 6.45) is 0. The zero-order chi connectivity index (χ0) is 19.1. The van der Waals surface area contributed by atoms with Crippen LogP contribution in [0.5, 0.6) is 5.75 Å². The zero-order valence-corrected chi connectivity index (χ0v) is 18.7. The summed E-state index contributed by atoms with van der Waals surface area (Å²) in [6.45, 7) is 24.8. The third kappa shape index (κ3) is 4.86. The van der Waals surface area contributed by atoms with Crippen molar-refractivity contribution in [2.45, 2.75) is 97.9 Å². The Labute approximate surface area is 150 Å². The van der Waals surface area contributed by atoms with Gasteiger partial charge in [-0.05, 0) is 57.8 Å². The van der Waals surface area contributed by atoms with Crippen LogP contribution in [0.15, 0.2) is 12.1 Å². The van der Waals surface area contributed by atoms with Crippen LogP contribution in [0.2, 0.25) is 18.1 Å². The average molecular weight is 351 g/mol. The molecule has 0 radical (unpaired) electrons. The zero-order valence-electron chi connectivity index (χ0n) is 17.7. The monoisotopic (exact) mass is 350 g/mol. The number of benzene rings is 1. The molecule has 2 nitrogen and oxygen atoms in total. The van der Waals surface area contributed by atoms with Gasteiger partial charge in [-0.25, -0.2) is 0 Å². The summed E-state index contributed by atoms with van der Waals surface area (Å²) in [5, 5.41) is 11.0. The fourth-order valence-corrected chi connectivity index (χ4v) is 3.36. The lowest BCUT2D eigenvalue weighted by Gasteiger charge is -2.36. The number of phenols is 1. The van der Waals surface area contributed by atoms with Crippen molar-refractivity contribution in [3.05, 3.63) is 28.8 Å². The van der Waals surface area contributed by atoms with Gasteiger partial charge in [0.1, 0.15) is 5.75 Å². The highest BCUT2D eigenvalue weighted by Gasteiger charge is 2.37. The molecular formula is C21H38O2Si. The van der Waals surface area contributed by atoms with E-state index in [0.29, 0.717) is 12.4 Å². The van der Waals surface area contributed by atoms with Crippen molar-refractivity contribution >= 4 is 8.32 Å². The minimum atomic E-state index is -1.79. The maximum atomic E-state index is 10.8. The summed E-state index contributed by atoms with van der Waals surface area (Å²) in [6, 6.07) is 4.25. The fourth-order valence-electron chi connectivity index (χ4n) is 2.40. The average Bonchev–Trinajstić information content (AvgIpc) is 2.33. The molecule has 0 atom stereocenters. The van der Waals surface area contributed by atoms with Gasteiger partial charge in [0, 0.05) is 0 Å². The molecule has 0 amide bonds. The summed E-state index contributed by atoms with van der Waals surface area (Å²) in [5.74, 6) is 0.436. The number of phenolic OH excluding ortho intramolecular Hbond substituents is 1. The number of rotatable bonds is 3. The topological polar surface area (TPSA) is 29.5 Å². The molecule has 3 heteroatoms. The summed E-state index contributed by atoms with van der Waals surface area (Å²) in [4.78, 5) is 0. The van der Waals surface area contributed by atoms with Crippen LogP contribution in [0.25, 0.3) is 0 Å². The Kier molecular flexibility index (Phi) is 5.74. The van der Waals surface area contributed by atoms with Gasteiger partial charge in [-0.1, -0.05) is 62.3 Å². The predicted molar refractivity (Wildman–Crippen MR) is 107 cm³/mol. The molecule has 0 aliphatic rings. The van der Waals surface area contributed by atoms with Crippen LogP contribution in [0.1, 0.15) is 79.0 Å². The van der Waals surface area contributed by atoms with Crippen LogP contribution < -0.4 is 0 Å². The Balaban J connectivity index is 3.31. The molecule has 0 spiro atoms. The van der Waals surface area contributed by atoms with Crippen LogP contribution >= 0.6 is 0 Å². The first kappa shape index (κ1) is 21.2. The predicted octanol–water partition coefficient (Wildman–Crippen LogP) is 6.51. The lowest BCUT2D eigenvalue weighted by molar-refractivity contribution is 0.275. The molecule has 1 N–H and O–H groups in total. The number of hydrogen-bond donors (Lipinski definition) is 1. The Morgan fingerprint density at radius 1 is 0.833 bits per heavy atom. The molecule has 0 aliphatic carbocycles. The van der Waals surface area contributed by atoms with Gasteiger partial charge in [0.2, 0.25) is 0 Å². The van der Waals surface area contributed by atoms with E-state index in [1.165, 1.54) is 0 Å². The van der Waals surface area contributed by atoms with Crippen LogP contribution in [-0.2, 0) is 21.9 Å². The molecule has 0 saturated carbocycles. The quantitative estimate of drug-likeness (QED) is 0.630. The van der Waals surface area contributed by atoms with Crippen LogP contribution in [-0.4, -0.2) is 13.4 Å². The van der Waals surface area contributed by atoms with Crippen molar-refractivity contribution < 1.29 is 9.53 Å². The van der Waals surface area contributed by atoms with E-state index in [9.17, 15) is 5.11 Å². The smallest absolute Gasteiger partial charge is 0.192 e. The van der Waals surface area contributed by atoms with Gasteiger partial charge in [-0.15, -0.1) is 0 Å². The first-order valence-electron chi connectivity index (χ1n) is 8.97. The summed E-state index contributed by atoms with van der Waals surface area (Å²) in [7, 11) is -1.79. The third-order valence-corrected chi connectivity index (χ3v) is 9.67. The van der Waals surface area contributed by atoms with E-state index in [2.05, 4.69) is 87.5 Å². The summed E-state index contributed by atoms with van der Waals surface area (Å²) in [5.41, 5.74) is 2.97. The molecule has 1 aromatic carbocycles. The highest BCUT2D eigenvalue weighted by Crippen LogP contribution is 2.41. The van der Waals surface area contributed by atoms with E-state index in [1.807, 2.05) is 0 Å². The maximum absolute atomic E-state index is 10.8. The molecule has 1 aromatic rings. The van der Waals surface area contributed by atoms with E-state index < -0.39 is 8.32 Å². The van der Waals surface area contributed by atoms with Gasteiger partial charge >= 0.3 is 0 Å². The van der Waals surface area contributed by atoms with Gasteiger partial charge in [-0.3, -0.25) is 0 Å². The van der Waals surface area contributed by atoms with Crippen molar-refractivity contribution in [3.8, 4) is 5.75 Å². The van der Waals surface area contributed by atoms with E-state index in [0.717, 1.165) is 16.7 Å². The van der Waals surface area contributed by atoms with Crippen molar-refractivity contribution in [1.29, 1.82) is 0 Å². The second-order valence-electron chi connectivity index (χ2n) is 10.6. The molecule has 0 fully saturated rings. The van der Waals surface area contributed by atoms with Gasteiger partial charge in [-0.2, -0.15) is 0 Å². The molecule has 0 heterocycles. The molecular weight excluding hydrogens is 312 g/mol. The van der Waals surface area contributed by atoms with Crippen molar-refractivity contribution in [3.63, 3.8) is 0 Å². The van der Waals surface area contributed by atoms with E-state index in [4.69, 9.17) is 4.43 Å². The summed E-state index contributed by atoms with van der Waals surface area (Å²) < 4.78 is 6.41. The highest BCUT2D eigenvalue weighted by atomic mass is 28.4. The molecule has 1 rings (SSSR count). The lowest BCUT2D eigenvalue weighted by Crippen LogP contribution is -2.40. The van der Waals surface area contributed by atoms with Gasteiger partial charge < -0.3 is 9.53 Å². The second-order valence-corrected chi connectivity index (χ2v) is 15.4. The number of hydrogen-bond acceptors (Lipinski definition) is 2. The first-order valence-corrected chi connectivity index (χ1v) is 11.9. The Morgan fingerprint density at radius 3 is 1.50 bits per heavy atom. The minimum Gasteiger partial charge on any atom is -0.507 e. The first-order chi connectivity index (χ1) is 10.5. The van der Waals surface area contributed by atoms with Crippen LogP contribution in [0.3, 0.4) is 0 Å². The van der Waals surface area contributed by atoms with Gasteiger partial charge in [0.25, 0.3) is 0 Å². The van der Waals surface area contributed by atoms with Crippen molar-refractivity contribution in [2.24, 2.45) is 0 Å². The molecule has 0 aromatic heterocycles. The largest absolute Gasteiger partial charge is 0.507 e. The minimum absolute atomic E-state index is 0.100. The molecule has 0 aliphatic heterocycles. The van der Waals surface area contributed by atoms with Crippen molar-refractivity contribution in [1.82, 2.24) is 0 Å². The Morgan fingerprint density at radius 2 is 1.21 bits per heavy atom. The normalized spacial score (nSPS) is 14.1. The lowest BCUT2D eigenvalue weighted by atomic mass is 9.78. The molecule has 24 heavy (non-hydrogen) atoms. The van der Waals surface area contributed by atoms with E-state index in [-0.39, 0.29) is 15.9 Å². The SMILES string of the molecule is CC(C)(C)c1cc(CO[Si](C)(C)C(C)(C)C)cc(C(C)(C)C)c1O. The maximum Gasteiger partial charge on any atom is 0.192 e. The standard InChI is InChI=1S/C21H38O2Si/c1-19(2,3)16-12-15(13-17(18(16)22)20(4,5)6)14-23-24(10,11)21(7,8)9/h12-13,22H,14H2,1-11H3. The highest BCUT2D eigenvalue weighted by molar-refractivity contribution is 6.74. The molecule has 138 valence electrons. The van der Waals surface area contributed by atoms with Gasteiger partial charge in [0.05, 0.1) is 6.61 Å². The second kappa shape index (κ2) is 6.49. The van der Waals surface area contributed by atoms with Crippen LogP contribution in [0, 0.1) is 0 Å². The Hall–Kier alpha value is -0.803. The van der Waals surface area contributed by atoms with E-state index in [1.54, 1.807) is 0 Å². The summed E-state index contributed by atoms with van der Waals surface area (Å²) >= 11 is 0. The molecule has 0 bridgehead atoms. The van der Waals surface area contributed by atoms with Crippen LogP contribution in [0.4, 0.5) is 0 Å². The molecule has 0 unspecified atom stereocenters. The van der Waals surface area contributed by atoms with Crippen molar-refractivity contribution in [2.75, 3.05) is 0 Å². The Bertz CT molecular complexity index is 546. The third-order valence-electron chi connectivity index (χ3n) is 5.19. The number of aromatic hydroxyl groups is 1. The fraction of sp³-hybridized carbons (Fsp3) is 0.714. The van der Waals surface area contributed by atoms with Gasteiger partial charge in [0.15, 0.2) is 8.32 Å².